The topological polar surface area (TPSA) is 49.6 Å². The van der Waals surface area contributed by atoms with E-state index in [2.05, 4.69) is 9.88 Å². The predicted molar refractivity (Wildman–Crippen MR) is 71.5 cm³/mol. The summed E-state index contributed by atoms with van der Waals surface area (Å²) in [5.41, 5.74) is 1.74. The van der Waals surface area contributed by atoms with E-state index < -0.39 is 0 Å². The lowest BCUT2D eigenvalue weighted by Gasteiger charge is -2.33. The second-order valence-electron chi connectivity index (χ2n) is 4.86. The van der Waals surface area contributed by atoms with Crippen molar-refractivity contribution in [2.24, 2.45) is 0 Å². The number of hydrogen-bond acceptors (Lipinski definition) is 4. The minimum absolute atomic E-state index is 0.154. The number of piperazine rings is 1. The SMILES string of the molecule is CC(=O)N1CCN(Cc2nc3ccccc3o2)CC1. The molecule has 0 aliphatic carbocycles. The number of hydrogen-bond donors (Lipinski definition) is 0. The van der Waals surface area contributed by atoms with Gasteiger partial charge in [-0.15, -0.1) is 0 Å². The summed E-state index contributed by atoms with van der Waals surface area (Å²) in [4.78, 5) is 19.9. The highest BCUT2D eigenvalue weighted by atomic mass is 16.3. The first-order valence-electron chi connectivity index (χ1n) is 6.55. The number of carbonyl (C=O) groups excluding carboxylic acids is 1. The third kappa shape index (κ3) is 2.61. The highest BCUT2D eigenvalue weighted by Gasteiger charge is 2.20. The van der Waals surface area contributed by atoms with Crippen LogP contribution in [0.4, 0.5) is 0 Å². The first-order valence-corrected chi connectivity index (χ1v) is 6.55. The minimum atomic E-state index is 0.154. The van der Waals surface area contributed by atoms with Gasteiger partial charge >= 0.3 is 0 Å². The first-order chi connectivity index (χ1) is 9.22. The van der Waals surface area contributed by atoms with E-state index >= 15 is 0 Å². The van der Waals surface area contributed by atoms with Crippen molar-refractivity contribution < 1.29 is 9.21 Å². The molecule has 0 spiro atoms. The van der Waals surface area contributed by atoms with Gasteiger partial charge < -0.3 is 9.32 Å². The average Bonchev–Trinajstić information content (AvgIpc) is 2.81. The maximum Gasteiger partial charge on any atom is 0.219 e. The third-order valence-corrected chi connectivity index (χ3v) is 3.51. The van der Waals surface area contributed by atoms with Gasteiger partial charge in [-0.1, -0.05) is 12.1 Å². The van der Waals surface area contributed by atoms with Crippen LogP contribution in [0.15, 0.2) is 28.7 Å². The van der Waals surface area contributed by atoms with Crippen molar-refractivity contribution in [1.82, 2.24) is 14.8 Å². The zero-order chi connectivity index (χ0) is 13.2. The van der Waals surface area contributed by atoms with Crippen LogP contribution in [0.25, 0.3) is 11.1 Å². The molecule has 0 N–H and O–H groups in total. The van der Waals surface area contributed by atoms with Crippen LogP contribution in [0.5, 0.6) is 0 Å². The van der Waals surface area contributed by atoms with Gasteiger partial charge in [0, 0.05) is 33.1 Å². The van der Waals surface area contributed by atoms with Crippen molar-refractivity contribution in [3.8, 4) is 0 Å². The van der Waals surface area contributed by atoms with Gasteiger partial charge in [0.05, 0.1) is 6.54 Å². The largest absolute Gasteiger partial charge is 0.439 e. The average molecular weight is 259 g/mol. The summed E-state index contributed by atoms with van der Waals surface area (Å²) in [6, 6.07) is 7.79. The van der Waals surface area contributed by atoms with Crippen LogP contribution in [0.1, 0.15) is 12.8 Å². The molecule has 1 aliphatic heterocycles. The molecule has 0 radical (unpaired) electrons. The lowest BCUT2D eigenvalue weighted by atomic mass is 10.3. The highest BCUT2D eigenvalue weighted by Crippen LogP contribution is 2.16. The van der Waals surface area contributed by atoms with Crippen molar-refractivity contribution in [2.75, 3.05) is 26.2 Å². The molecule has 0 atom stereocenters. The molecule has 2 aromatic rings. The van der Waals surface area contributed by atoms with E-state index in [1.807, 2.05) is 29.2 Å². The second kappa shape index (κ2) is 5.01. The molecule has 0 saturated carbocycles. The van der Waals surface area contributed by atoms with Gasteiger partial charge in [0.15, 0.2) is 5.58 Å². The molecule has 5 heteroatoms. The van der Waals surface area contributed by atoms with Gasteiger partial charge in [-0.05, 0) is 12.1 Å². The Morgan fingerprint density at radius 1 is 1.26 bits per heavy atom. The molecule has 1 aliphatic rings. The van der Waals surface area contributed by atoms with E-state index in [4.69, 9.17) is 4.42 Å². The number of amides is 1. The molecule has 0 bridgehead atoms. The number of carbonyl (C=O) groups is 1. The number of fused-ring (bicyclic) bond motifs is 1. The van der Waals surface area contributed by atoms with Crippen molar-refractivity contribution in [3.05, 3.63) is 30.2 Å². The minimum Gasteiger partial charge on any atom is -0.439 e. The van der Waals surface area contributed by atoms with Crippen LogP contribution in [0.2, 0.25) is 0 Å². The molecule has 3 rings (SSSR count). The maximum absolute atomic E-state index is 11.3. The van der Waals surface area contributed by atoms with Crippen LogP contribution in [-0.2, 0) is 11.3 Å². The van der Waals surface area contributed by atoms with Crippen molar-refractivity contribution in [1.29, 1.82) is 0 Å². The fourth-order valence-corrected chi connectivity index (χ4v) is 2.40. The van der Waals surface area contributed by atoms with Gasteiger partial charge in [-0.3, -0.25) is 9.69 Å². The van der Waals surface area contributed by atoms with Crippen molar-refractivity contribution in [2.45, 2.75) is 13.5 Å². The van der Waals surface area contributed by atoms with E-state index in [0.29, 0.717) is 6.54 Å². The third-order valence-electron chi connectivity index (χ3n) is 3.51. The Bertz CT molecular complexity index is 552. The van der Waals surface area contributed by atoms with Crippen molar-refractivity contribution in [3.63, 3.8) is 0 Å². The summed E-state index contributed by atoms with van der Waals surface area (Å²) in [5.74, 6) is 0.902. The molecule has 0 unspecified atom stereocenters. The monoisotopic (exact) mass is 259 g/mol. The molecule has 100 valence electrons. The van der Waals surface area contributed by atoms with Gasteiger partial charge in [0.1, 0.15) is 5.52 Å². The number of rotatable bonds is 2. The molecule has 5 nitrogen and oxygen atoms in total. The maximum atomic E-state index is 11.3. The molecular formula is C14H17N3O2. The molecule has 1 aromatic heterocycles. The zero-order valence-electron chi connectivity index (χ0n) is 11.0. The quantitative estimate of drug-likeness (QED) is 0.820. The summed E-state index contributed by atoms with van der Waals surface area (Å²) < 4.78 is 5.71. The molecular weight excluding hydrogens is 242 g/mol. The number of aromatic nitrogens is 1. The van der Waals surface area contributed by atoms with Crippen molar-refractivity contribution >= 4 is 17.0 Å². The van der Waals surface area contributed by atoms with E-state index in [1.54, 1.807) is 6.92 Å². The Labute approximate surface area is 111 Å². The molecule has 1 aromatic carbocycles. The normalized spacial score (nSPS) is 17.0. The summed E-state index contributed by atoms with van der Waals surface area (Å²) >= 11 is 0. The Morgan fingerprint density at radius 3 is 2.68 bits per heavy atom. The molecule has 1 fully saturated rings. The van der Waals surface area contributed by atoms with Crippen LogP contribution >= 0.6 is 0 Å². The van der Waals surface area contributed by atoms with E-state index in [-0.39, 0.29) is 5.91 Å². The van der Waals surface area contributed by atoms with E-state index in [1.165, 1.54) is 0 Å². The van der Waals surface area contributed by atoms with Gasteiger partial charge in [-0.2, -0.15) is 0 Å². The Balaban J connectivity index is 1.64. The number of oxazole rings is 1. The Hall–Kier alpha value is -1.88. The first kappa shape index (κ1) is 12.2. The van der Waals surface area contributed by atoms with Crippen LogP contribution in [0, 0.1) is 0 Å². The second-order valence-corrected chi connectivity index (χ2v) is 4.86. The van der Waals surface area contributed by atoms with E-state index in [9.17, 15) is 4.79 Å². The highest BCUT2D eigenvalue weighted by molar-refractivity contribution is 5.73. The lowest BCUT2D eigenvalue weighted by Crippen LogP contribution is -2.47. The zero-order valence-corrected chi connectivity index (χ0v) is 11.0. The molecule has 19 heavy (non-hydrogen) atoms. The Morgan fingerprint density at radius 2 is 2.00 bits per heavy atom. The fraction of sp³-hybridized carbons (Fsp3) is 0.429. The van der Waals surface area contributed by atoms with Crippen LogP contribution in [-0.4, -0.2) is 46.9 Å². The lowest BCUT2D eigenvalue weighted by molar-refractivity contribution is -0.130. The van der Waals surface area contributed by atoms with Crippen LogP contribution in [0.3, 0.4) is 0 Å². The molecule has 1 amide bonds. The van der Waals surface area contributed by atoms with Gasteiger partial charge in [-0.25, -0.2) is 4.98 Å². The molecule has 1 saturated heterocycles. The fourth-order valence-electron chi connectivity index (χ4n) is 2.40. The standard InChI is InChI=1S/C14H17N3O2/c1-11(18)17-8-6-16(7-9-17)10-14-15-12-4-2-3-5-13(12)19-14/h2-5H,6-10H2,1H3. The summed E-state index contributed by atoms with van der Waals surface area (Å²) in [7, 11) is 0. The summed E-state index contributed by atoms with van der Waals surface area (Å²) in [6.45, 7) is 5.65. The van der Waals surface area contributed by atoms with E-state index in [0.717, 1.165) is 43.2 Å². The Kier molecular flexibility index (Phi) is 3.21. The molecule has 2 heterocycles. The van der Waals surface area contributed by atoms with Crippen LogP contribution < -0.4 is 0 Å². The van der Waals surface area contributed by atoms with Gasteiger partial charge in [0.25, 0.3) is 0 Å². The number of nitrogens with zero attached hydrogens (tertiary/aromatic N) is 3. The summed E-state index contributed by atoms with van der Waals surface area (Å²) in [5, 5.41) is 0. The van der Waals surface area contributed by atoms with Gasteiger partial charge in [0.2, 0.25) is 11.8 Å². The predicted octanol–water partition coefficient (Wildman–Crippen LogP) is 1.49. The number of para-hydroxylation sites is 2. The summed E-state index contributed by atoms with van der Waals surface area (Å²) in [6.07, 6.45) is 0. The smallest absolute Gasteiger partial charge is 0.219 e. The number of benzene rings is 1.